The summed E-state index contributed by atoms with van der Waals surface area (Å²) in [6.45, 7) is 15.7. The molecule has 3 rings (SSSR count). The van der Waals surface area contributed by atoms with E-state index in [9.17, 15) is 14.4 Å². The number of hydrogen-bond acceptors (Lipinski definition) is 3. The van der Waals surface area contributed by atoms with Crippen LogP contribution in [-0.4, -0.2) is 39.7 Å². The zero-order valence-corrected chi connectivity index (χ0v) is 15.3. The highest BCUT2D eigenvalue weighted by molar-refractivity contribution is 6.04. The van der Waals surface area contributed by atoms with Crippen molar-refractivity contribution >= 4 is 17.8 Å². The van der Waals surface area contributed by atoms with Gasteiger partial charge in [0.15, 0.2) is 0 Å². The molecule has 0 radical (unpaired) electrons. The van der Waals surface area contributed by atoms with Crippen LogP contribution in [0.5, 0.6) is 0 Å². The number of carbonyl (C=O) groups is 3. The predicted molar refractivity (Wildman–Crippen MR) is 86.4 cm³/mol. The second-order valence-corrected chi connectivity index (χ2v) is 8.23. The molecule has 0 aromatic heterocycles. The minimum atomic E-state index is -0.463. The van der Waals surface area contributed by atoms with Crippen LogP contribution in [0.2, 0.25) is 0 Å². The number of imide groups is 2. The van der Waals surface area contributed by atoms with Crippen molar-refractivity contribution in [3.05, 3.63) is 11.1 Å². The first kappa shape index (κ1) is 16.2. The van der Waals surface area contributed by atoms with Gasteiger partial charge in [0.25, 0.3) is 0 Å². The lowest BCUT2D eigenvalue weighted by atomic mass is 9.62. The molecule has 1 aliphatic heterocycles. The van der Waals surface area contributed by atoms with Gasteiger partial charge in [-0.1, -0.05) is 38.8 Å². The van der Waals surface area contributed by atoms with E-state index in [0.29, 0.717) is 0 Å². The zero-order chi connectivity index (χ0) is 17.7. The lowest BCUT2D eigenvalue weighted by molar-refractivity contribution is -0.128. The van der Waals surface area contributed by atoms with Crippen LogP contribution < -0.4 is 0 Å². The molecule has 1 saturated heterocycles. The van der Waals surface area contributed by atoms with Crippen LogP contribution >= 0.6 is 0 Å². The van der Waals surface area contributed by atoms with Crippen LogP contribution in [0.3, 0.4) is 0 Å². The molecule has 0 aromatic carbocycles. The average molecular weight is 318 g/mol. The van der Waals surface area contributed by atoms with Crippen molar-refractivity contribution in [3.8, 4) is 0 Å². The van der Waals surface area contributed by atoms with Crippen molar-refractivity contribution in [2.24, 2.45) is 16.2 Å². The summed E-state index contributed by atoms with van der Waals surface area (Å²) in [5.41, 5.74) is 1.67. The molecule has 0 spiro atoms. The summed E-state index contributed by atoms with van der Waals surface area (Å²) in [5, 5.41) is 0. The third-order valence-electron chi connectivity index (χ3n) is 7.85. The minimum Gasteiger partial charge on any atom is -0.275 e. The lowest BCUT2D eigenvalue weighted by Crippen LogP contribution is -2.51. The summed E-state index contributed by atoms with van der Waals surface area (Å²) >= 11 is 0. The number of rotatable bonds is 0. The van der Waals surface area contributed by atoms with Crippen molar-refractivity contribution in [2.75, 3.05) is 0 Å². The molecule has 2 fully saturated rings. The average Bonchev–Trinajstić information content (AvgIpc) is 2.85. The number of nitrogens with zero attached hydrogens (tertiary/aromatic N) is 2. The maximum absolute atomic E-state index is 12.8. The molecule has 0 N–H and O–H groups in total. The van der Waals surface area contributed by atoms with E-state index < -0.39 is 6.03 Å². The Hall–Kier alpha value is -1.65. The maximum atomic E-state index is 12.8. The van der Waals surface area contributed by atoms with E-state index in [1.807, 2.05) is 0 Å². The van der Waals surface area contributed by atoms with Gasteiger partial charge in [0.1, 0.15) is 0 Å². The quantitative estimate of drug-likeness (QED) is 0.645. The predicted octanol–water partition coefficient (Wildman–Crippen LogP) is 2.96. The van der Waals surface area contributed by atoms with E-state index in [0.717, 1.165) is 0 Å². The second-order valence-electron chi connectivity index (χ2n) is 8.23. The largest absolute Gasteiger partial charge is 0.334 e. The first-order valence-corrected chi connectivity index (χ1v) is 8.18. The standard InChI is InChI=1S/C18H26N2O3/c1-9-10(2)18(8)14-13(17(9,7)16(18,5)6)19(11(3)21)15(23)20(14)12(4)22/h13-14H,1-8H3/t13-,14+,17-,18-/m0/s1. The minimum absolute atomic E-state index is 0.161. The van der Waals surface area contributed by atoms with Gasteiger partial charge >= 0.3 is 6.03 Å². The SMILES string of the molecule is CC(=O)N1C(=O)N(C(C)=O)[C@@H]2[C@H]1[C@]1(C)C(C)=C(C)[C@]2(C)C1(C)C. The van der Waals surface area contributed by atoms with Gasteiger partial charge in [-0.3, -0.25) is 19.4 Å². The van der Waals surface area contributed by atoms with Crippen LogP contribution in [-0.2, 0) is 9.59 Å². The van der Waals surface area contributed by atoms with E-state index in [2.05, 4.69) is 41.5 Å². The number of urea groups is 1. The number of carbonyl (C=O) groups excluding carboxylic acids is 3. The molecule has 5 nitrogen and oxygen atoms in total. The van der Waals surface area contributed by atoms with E-state index in [1.165, 1.54) is 34.8 Å². The Balaban J connectivity index is 2.36. The Kier molecular flexibility index (Phi) is 2.86. The Morgan fingerprint density at radius 3 is 1.39 bits per heavy atom. The molecule has 4 amide bonds. The van der Waals surface area contributed by atoms with Crippen molar-refractivity contribution < 1.29 is 14.4 Å². The molecule has 0 unspecified atom stereocenters. The lowest BCUT2D eigenvalue weighted by Gasteiger charge is -2.44. The zero-order valence-electron chi connectivity index (χ0n) is 15.3. The molecule has 1 heterocycles. The fraction of sp³-hybridized carbons (Fsp3) is 0.722. The van der Waals surface area contributed by atoms with Crippen LogP contribution in [0.4, 0.5) is 4.79 Å². The molecular weight excluding hydrogens is 292 g/mol. The van der Waals surface area contributed by atoms with E-state index in [4.69, 9.17) is 0 Å². The van der Waals surface area contributed by atoms with Gasteiger partial charge in [0.05, 0.1) is 12.1 Å². The van der Waals surface area contributed by atoms with Crippen LogP contribution in [0, 0.1) is 16.2 Å². The number of amides is 4. The summed E-state index contributed by atoms with van der Waals surface area (Å²) in [5.74, 6) is -0.570. The van der Waals surface area contributed by atoms with Gasteiger partial charge in [-0.05, 0) is 19.3 Å². The van der Waals surface area contributed by atoms with Crippen LogP contribution in [0.25, 0.3) is 0 Å². The third-order valence-corrected chi connectivity index (χ3v) is 7.85. The van der Waals surface area contributed by atoms with E-state index in [-0.39, 0.29) is 40.1 Å². The Bertz CT molecular complexity index is 638. The molecule has 1 saturated carbocycles. The Morgan fingerprint density at radius 2 is 1.13 bits per heavy atom. The molecular formula is C18H26N2O3. The first-order chi connectivity index (χ1) is 10.4. The van der Waals surface area contributed by atoms with Gasteiger partial charge in [0, 0.05) is 24.7 Å². The fourth-order valence-corrected chi connectivity index (χ4v) is 5.88. The van der Waals surface area contributed by atoms with Gasteiger partial charge in [-0.15, -0.1) is 0 Å². The molecule has 3 aliphatic rings. The van der Waals surface area contributed by atoms with E-state index >= 15 is 0 Å². The molecule has 2 bridgehead atoms. The van der Waals surface area contributed by atoms with Gasteiger partial charge in [-0.2, -0.15) is 0 Å². The van der Waals surface area contributed by atoms with Gasteiger partial charge in [-0.25, -0.2) is 4.79 Å². The summed E-state index contributed by atoms with van der Waals surface area (Å²) in [6.07, 6.45) is 0. The number of fused-ring (bicyclic) bond motifs is 5. The molecule has 5 heteroatoms. The molecule has 126 valence electrons. The highest BCUT2D eigenvalue weighted by Crippen LogP contribution is 2.76. The van der Waals surface area contributed by atoms with Crippen molar-refractivity contribution in [1.29, 1.82) is 0 Å². The fourth-order valence-electron chi connectivity index (χ4n) is 5.88. The first-order valence-electron chi connectivity index (χ1n) is 8.18. The molecule has 0 aromatic rings. The smallest absolute Gasteiger partial charge is 0.275 e. The van der Waals surface area contributed by atoms with Crippen molar-refractivity contribution in [1.82, 2.24) is 9.80 Å². The van der Waals surface area contributed by atoms with Crippen LogP contribution in [0.1, 0.15) is 55.4 Å². The van der Waals surface area contributed by atoms with Crippen molar-refractivity contribution in [3.63, 3.8) is 0 Å². The Morgan fingerprint density at radius 1 is 0.826 bits per heavy atom. The molecule has 4 atom stereocenters. The Labute approximate surface area is 137 Å². The molecule has 23 heavy (non-hydrogen) atoms. The summed E-state index contributed by atoms with van der Waals surface area (Å²) in [7, 11) is 0. The summed E-state index contributed by atoms with van der Waals surface area (Å²) in [4.78, 5) is 40.0. The normalized spacial score (nSPS) is 41.0. The van der Waals surface area contributed by atoms with E-state index in [1.54, 1.807) is 0 Å². The number of hydrogen-bond donors (Lipinski definition) is 0. The van der Waals surface area contributed by atoms with Gasteiger partial charge in [0.2, 0.25) is 11.8 Å². The second kappa shape index (κ2) is 4.05. The molecule has 2 aliphatic carbocycles. The highest BCUT2D eigenvalue weighted by Gasteiger charge is 2.80. The third kappa shape index (κ3) is 1.31. The summed E-state index contributed by atoms with van der Waals surface area (Å²) < 4.78 is 0. The van der Waals surface area contributed by atoms with Gasteiger partial charge < -0.3 is 0 Å². The summed E-state index contributed by atoms with van der Waals surface area (Å²) in [6, 6.07) is -1.05. The monoisotopic (exact) mass is 318 g/mol. The van der Waals surface area contributed by atoms with Crippen LogP contribution in [0.15, 0.2) is 11.1 Å². The maximum Gasteiger partial charge on any atom is 0.334 e. The highest BCUT2D eigenvalue weighted by atomic mass is 16.2. The topological polar surface area (TPSA) is 57.7 Å². The van der Waals surface area contributed by atoms with Crippen molar-refractivity contribution in [2.45, 2.75) is 67.5 Å².